The number of hydrogen-bond donors (Lipinski definition) is 2. The van der Waals surface area contributed by atoms with Gasteiger partial charge in [-0.15, -0.1) is 0 Å². The second kappa shape index (κ2) is 5.77. The molecule has 2 N–H and O–H groups in total. The number of ether oxygens (including phenoxy) is 1. The highest BCUT2D eigenvalue weighted by atomic mass is 31.2. The number of rotatable bonds is 6. The van der Waals surface area contributed by atoms with Crippen molar-refractivity contribution >= 4 is 13.8 Å². The van der Waals surface area contributed by atoms with Crippen molar-refractivity contribution in [2.75, 3.05) is 6.61 Å². The third-order valence-electron chi connectivity index (χ3n) is 2.20. The molecule has 0 radical (unpaired) electrons. The summed E-state index contributed by atoms with van der Waals surface area (Å²) in [6, 6.07) is 0. The Hall–Kier alpha value is -0.420. The van der Waals surface area contributed by atoms with Gasteiger partial charge in [-0.2, -0.15) is 0 Å². The van der Waals surface area contributed by atoms with E-state index in [1.54, 1.807) is 13.8 Å². The first-order chi connectivity index (χ1) is 7.08. The van der Waals surface area contributed by atoms with E-state index < -0.39 is 25.3 Å². The van der Waals surface area contributed by atoms with E-state index in [4.69, 9.17) is 14.5 Å². The van der Waals surface area contributed by atoms with Crippen LogP contribution in [0.3, 0.4) is 0 Å². The average molecular weight is 254 g/mol. The molecule has 0 aromatic rings. The first-order valence-corrected chi connectivity index (χ1v) is 6.52. The van der Waals surface area contributed by atoms with Gasteiger partial charge < -0.3 is 14.5 Å². The van der Waals surface area contributed by atoms with Gasteiger partial charge in [0.05, 0.1) is 5.41 Å². The molecule has 6 nitrogen and oxygen atoms in total. The van der Waals surface area contributed by atoms with Crippen LogP contribution in [0.15, 0.2) is 0 Å². The quantitative estimate of drug-likeness (QED) is 0.550. The fraction of sp³-hybridized carbons (Fsp3) is 0.889. The molecule has 1 atom stereocenters. The van der Waals surface area contributed by atoms with E-state index in [0.717, 1.165) is 0 Å². The van der Waals surface area contributed by atoms with Crippen LogP contribution in [-0.2, 0) is 18.6 Å². The van der Waals surface area contributed by atoms with E-state index in [2.05, 4.69) is 4.52 Å². The molecule has 0 aromatic carbocycles. The van der Waals surface area contributed by atoms with Crippen molar-refractivity contribution in [2.24, 2.45) is 5.41 Å². The lowest BCUT2D eigenvalue weighted by atomic mass is 9.91. The van der Waals surface area contributed by atoms with Crippen LogP contribution >= 0.6 is 7.82 Å². The Morgan fingerprint density at radius 1 is 1.44 bits per heavy atom. The molecule has 96 valence electrons. The van der Waals surface area contributed by atoms with Crippen LogP contribution in [0.4, 0.5) is 0 Å². The van der Waals surface area contributed by atoms with Crippen molar-refractivity contribution in [3.63, 3.8) is 0 Å². The van der Waals surface area contributed by atoms with Gasteiger partial charge in [-0.3, -0.25) is 9.32 Å². The molecular weight excluding hydrogens is 235 g/mol. The Labute approximate surface area is 95.2 Å². The lowest BCUT2D eigenvalue weighted by Crippen LogP contribution is -2.28. The smallest absolute Gasteiger partial charge is 0.463 e. The van der Waals surface area contributed by atoms with Gasteiger partial charge in [0.1, 0.15) is 12.7 Å². The molecule has 7 heteroatoms. The molecule has 0 aliphatic carbocycles. The normalized spacial score (nSPS) is 14.6. The molecule has 16 heavy (non-hydrogen) atoms. The molecule has 0 spiro atoms. The maximum absolute atomic E-state index is 11.5. The summed E-state index contributed by atoms with van der Waals surface area (Å²) < 4.78 is 19.7. The molecule has 0 aliphatic heterocycles. The van der Waals surface area contributed by atoms with E-state index in [1.165, 1.54) is 6.92 Å². The van der Waals surface area contributed by atoms with Crippen molar-refractivity contribution in [3.8, 4) is 0 Å². The molecule has 0 aliphatic rings. The first kappa shape index (κ1) is 15.6. The minimum absolute atomic E-state index is 0.173. The summed E-state index contributed by atoms with van der Waals surface area (Å²) in [5.41, 5.74) is -0.595. The fourth-order valence-electron chi connectivity index (χ4n) is 0.798. The summed E-state index contributed by atoms with van der Waals surface area (Å²) in [5, 5.41) is 0. The topological polar surface area (TPSA) is 93.1 Å². The second-order valence-corrected chi connectivity index (χ2v) is 5.43. The lowest BCUT2D eigenvalue weighted by Gasteiger charge is -2.22. The largest absolute Gasteiger partial charge is 0.469 e. The van der Waals surface area contributed by atoms with Gasteiger partial charge in [-0.05, 0) is 27.2 Å². The van der Waals surface area contributed by atoms with Gasteiger partial charge >= 0.3 is 13.8 Å². The molecule has 0 bridgehead atoms. The van der Waals surface area contributed by atoms with Crippen molar-refractivity contribution in [3.05, 3.63) is 0 Å². The predicted molar refractivity (Wildman–Crippen MR) is 57.6 cm³/mol. The van der Waals surface area contributed by atoms with E-state index >= 15 is 0 Å². The molecular formula is C9H19O6P. The molecule has 1 unspecified atom stereocenters. The Kier molecular flexibility index (Phi) is 5.62. The van der Waals surface area contributed by atoms with Crippen LogP contribution in [0.5, 0.6) is 0 Å². The monoisotopic (exact) mass is 254 g/mol. The summed E-state index contributed by atoms with van der Waals surface area (Å²) in [4.78, 5) is 28.5. The number of esters is 1. The van der Waals surface area contributed by atoms with Gasteiger partial charge in [-0.25, -0.2) is 4.57 Å². The minimum atomic E-state index is -4.52. The molecule has 0 saturated carbocycles. The van der Waals surface area contributed by atoms with Crippen molar-refractivity contribution in [1.29, 1.82) is 0 Å². The maximum atomic E-state index is 11.5. The zero-order valence-electron chi connectivity index (χ0n) is 9.97. The highest BCUT2D eigenvalue weighted by molar-refractivity contribution is 7.46. The molecule has 0 aromatic heterocycles. The lowest BCUT2D eigenvalue weighted by molar-refractivity contribution is -0.156. The van der Waals surface area contributed by atoms with Gasteiger partial charge in [0.25, 0.3) is 0 Å². The highest BCUT2D eigenvalue weighted by Crippen LogP contribution is 2.37. The Bertz CT molecular complexity index is 282. The Morgan fingerprint density at radius 3 is 2.31 bits per heavy atom. The molecule has 0 amide bonds. The molecule has 0 saturated heterocycles. The van der Waals surface area contributed by atoms with Crippen LogP contribution in [0.2, 0.25) is 0 Å². The molecule has 0 rings (SSSR count). The first-order valence-electron chi connectivity index (χ1n) is 4.99. The van der Waals surface area contributed by atoms with Crippen molar-refractivity contribution in [1.82, 2.24) is 0 Å². The van der Waals surface area contributed by atoms with Crippen LogP contribution in [0.1, 0.15) is 34.1 Å². The van der Waals surface area contributed by atoms with Gasteiger partial charge in [0.2, 0.25) is 0 Å². The highest BCUT2D eigenvalue weighted by Gasteiger charge is 2.28. The summed E-state index contributed by atoms with van der Waals surface area (Å²) in [6.07, 6.45) is -0.211. The van der Waals surface area contributed by atoms with Crippen LogP contribution in [-0.4, -0.2) is 28.5 Å². The van der Waals surface area contributed by atoms with Gasteiger partial charge in [0.15, 0.2) is 0 Å². The third-order valence-corrected chi connectivity index (χ3v) is 2.84. The van der Waals surface area contributed by atoms with Gasteiger partial charge in [0, 0.05) is 0 Å². The van der Waals surface area contributed by atoms with Crippen LogP contribution < -0.4 is 0 Å². The number of hydrogen-bond acceptors (Lipinski definition) is 4. The third kappa shape index (κ3) is 6.23. The summed E-state index contributed by atoms with van der Waals surface area (Å²) in [7, 11) is -4.52. The maximum Gasteiger partial charge on any atom is 0.469 e. The minimum Gasteiger partial charge on any atom is -0.463 e. The number of carbonyl (C=O) groups is 1. The average Bonchev–Trinajstić information content (AvgIpc) is 2.11. The van der Waals surface area contributed by atoms with E-state index in [-0.39, 0.29) is 6.61 Å². The predicted octanol–water partition coefficient (Wildman–Crippen LogP) is 1.46. The fourth-order valence-corrected chi connectivity index (χ4v) is 1.33. The standard InChI is InChI=1S/C9H19O6P/c1-5-9(3,4)8(10)14-6-7(2)15-16(11,12)13/h7H,5-6H2,1-4H3,(H2,11,12,13). The van der Waals surface area contributed by atoms with Gasteiger partial charge in [-0.1, -0.05) is 6.92 Å². The Morgan fingerprint density at radius 2 is 1.94 bits per heavy atom. The number of phosphoric acid groups is 1. The second-order valence-electron chi connectivity index (χ2n) is 4.24. The molecule has 0 fully saturated rings. The number of phosphoric ester groups is 1. The van der Waals surface area contributed by atoms with Crippen LogP contribution in [0.25, 0.3) is 0 Å². The SMILES string of the molecule is CCC(C)(C)C(=O)OCC(C)OP(=O)(O)O. The summed E-state index contributed by atoms with van der Waals surface area (Å²) in [5.74, 6) is -0.406. The zero-order valence-corrected chi connectivity index (χ0v) is 10.9. The zero-order chi connectivity index (χ0) is 13.0. The molecule has 0 heterocycles. The van der Waals surface area contributed by atoms with Crippen molar-refractivity contribution < 1.29 is 28.4 Å². The van der Waals surface area contributed by atoms with Crippen molar-refractivity contribution in [2.45, 2.75) is 40.2 Å². The van der Waals surface area contributed by atoms with E-state index in [0.29, 0.717) is 6.42 Å². The summed E-state index contributed by atoms with van der Waals surface area (Å²) >= 11 is 0. The Balaban J connectivity index is 4.07. The van der Waals surface area contributed by atoms with E-state index in [1.807, 2.05) is 6.92 Å². The number of carbonyl (C=O) groups excluding carboxylic acids is 1. The van der Waals surface area contributed by atoms with Crippen LogP contribution in [0, 0.1) is 5.41 Å². The van der Waals surface area contributed by atoms with E-state index in [9.17, 15) is 9.36 Å². The summed E-state index contributed by atoms with van der Waals surface area (Å²) in [6.45, 7) is 6.59.